The lowest BCUT2D eigenvalue weighted by Crippen LogP contribution is -2.00. The molecule has 3 nitrogen and oxygen atoms in total. The molecular weight excluding hydrogens is 241 g/mol. The Kier molecular flexibility index (Phi) is 3.15. The molecule has 5 heteroatoms. The summed E-state index contributed by atoms with van der Waals surface area (Å²) in [6.07, 6.45) is 1.69. The SMILES string of the molecule is Cc1cnc(Nc2ccc(F)cc2Cl)c(N)c1. The van der Waals surface area contributed by atoms with Gasteiger partial charge in [-0.15, -0.1) is 0 Å². The fourth-order valence-electron chi connectivity index (χ4n) is 1.41. The Bertz CT molecular complexity index is 508. The fraction of sp³-hybridized carbons (Fsp3) is 0.0833. The van der Waals surface area contributed by atoms with Crippen LogP contribution in [0.4, 0.5) is 21.6 Å². The monoisotopic (exact) mass is 251 g/mol. The van der Waals surface area contributed by atoms with Gasteiger partial charge in [0.15, 0.2) is 5.82 Å². The highest BCUT2D eigenvalue weighted by Crippen LogP contribution is 2.27. The Balaban J connectivity index is 2.31. The van der Waals surface area contributed by atoms with Crippen LogP contribution >= 0.6 is 11.6 Å². The Hall–Kier alpha value is -1.81. The lowest BCUT2D eigenvalue weighted by Gasteiger charge is -2.10. The molecule has 0 spiro atoms. The van der Waals surface area contributed by atoms with Crippen LogP contribution in [-0.4, -0.2) is 4.98 Å². The van der Waals surface area contributed by atoms with Crippen LogP contribution in [0.25, 0.3) is 0 Å². The molecule has 0 fully saturated rings. The molecule has 2 aromatic rings. The summed E-state index contributed by atoms with van der Waals surface area (Å²) >= 11 is 5.89. The van der Waals surface area contributed by atoms with Crippen molar-refractivity contribution >= 4 is 28.8 Å². The minimum atomic E-state index is -0.384. The maximum Gasteiger partial charge on any atom is 0.153 e. The summed E-state index contributed by atoms with van der Waals surface area (Å²) in [6.45, 7) is 1.90. The van der Waals surface area contributed by atoms with Crippen LogP contribution in [0, 0.1) is 12.7 Å². The first-order valence-electron chi connectivity index (χ1n) is 5.00. The third-order valence-electron chi connectivity index (χ3n) is 2.24. The summed E-state index contributed by atoms with van der Waals surface area (Å²) in [5, 5.41) is 3.24. The second-order valence-corrected chi connectivity index (χ2v) is 4.11. The lowest BCUT2D eigenvalue weighted by molar-refractivity contribution is 0.628. The first kappa shape index (κ1) is 11.7. The largest absolute Gasteiger partial charge is 0.396 e. The van der Waals surface area contributed by atoms with Crippen LogP contribution in [0.2, 0.25) is 5.02 Å². The highest BCUT2D eigenvalue weighted by molar-refractivity contribution is 6.33. The first-order chi connectivity index (χ1) is 8.06. The molecule has 17 heavy (non-hydrogen) atoms. The second-order valence-electron chi connectivity index (χ2n) is 3.70. The normalized spacial score (nSPS) is 10.3. The second kappa shape index (κ2) is 4.59. The number of pyridine rings is 1. The number of nitrogens with zero attached hydrogens (tertiary/aromatic N) is 1. The van der Waals surface area contributed by atoms with Crippen molar-refractivity contribution in [1.29, 1.82) is 0 Å². The van der Waals surface area contributed by atoms with E-state index in [-0.39, 0.29) is 10.8 Å². The topological polar surface area (TPSA) is 50.9 Å². The molecule has 0 radical (unpaired) electrons. The van der Waals surface area contributed by atoms with E-state index in [0.717, 1.165) is 5.56 Å². The van der Waals surface area contributed by atoms with E-state index in [0.29, 0.717) is 17.2 Å². The number of halogens is 2. The Morgan fingerprint density at radius 2 is 2.12 bits per heavy atom. The molecule has 1 aromatic heterocycles. The van der Waals surface area contributed by atoms with Gasteiger partial charge < -0.3 is 11.1 Å². The van der Waals surface area contributed by atoms with E-state index < -0.39 is 0 Å². The maximum atomic E-state index is 12.9. The molecule has 0 aliphatic rings. The summed E-state index contributed by atoms with van der Waals surface area (Å²) in [7, 11) is 0. The van der Waals surface area contributed by atoms with Crippen LogP contribution in [-0.2, 0) is 0 Å². The molecule has 0 saturated heterocycles. The standard InChI is InChI=1S/C12H11ClFN3/c1-7-4-10(15)12(16-6-7)17-11-3-2-8(14)5-9(11)13/h2-6H,15H2,1H3,(H,16,17). The molecule has 0 aliphatic carbocycles. The molecule has 3 N–H and O–H groups in total. The van der Waals surface area contributed by atoms with E-state index in [4.69, 9.17) is 17.3 Å². The Labute approximate surface area is 103 Å². The van der Waals surface area contributed by atoms with Gasteiger partial charge in [0, 0.05) is 6.20 Å². The first-order valence-corrected chi connectivity index (χ1v) is 5.38. The molecule has 0 bridgehead atoms. The third-order valence-corrected chi connectivity index (χ3v) is 2.55. The van der Waals surface area contributed by atoms with Gasteiger partial charge in [0.05, 0.1) is 16.4 Å². The maximum absolute atomic E-state index is 12.9. The molecule has 0 atom stereocenters. The van der Waals surface area contributed by atoms with Gasteiger partial charge in [-0.1, -0.05) is 11.6 Å². The van der Waals surface area contributed by atoms with Crippen molar-refractivity contribution in [3.63, 3.8) is 0 Å². The van der Waals surface area contributed by atoms with Gasteiger partial charge in [0.25, 0.3) is 0 Å². The van der Waals surface area contributed by atoms with Gasteiger partial charge in [-0.2, -0.15) is 0 Å². The number of benzene rings is 1. The summed E-state index contributed by atoms with van der Waals surface area (Å²) in [6, 6.07) is 5.89. The van der Waals surface area contributed by atoms with Gasteiger partial charge in [-0.3, -0.25) is 0 Å². The molecule has 0 saturated carbocycles. The number of hydrogen-bond acceptors (Lipinski definition) is 3. The predicted molar refractivity (Wildman–Crippen MR) is 68.1 cm³/mol. The van der Waals surface area contributed by atoms with Crippen LogP contribution < -0.4 is 11.1 Å². The highest BCUT2D eigenvalue weighted by Gasteiger charge is 2.05. The number of anilines is 3. The summed E-state index contributed by atoms with van der Waals surface area (Å²) in [5.41, 5.74) is 7.86. The van der Waals surface area contributed by atoms with Gasteiger partial charge in [-0.25, -0.2) is 9.37 Å². The van der Waals surface area contributed by atoms with Crippen molar-refractivity contribution in [2.24, 2.45) is 0 Å². The number of nitrogens with one attached hydrogen (secondary N) is 1. The highest BCUT2D eigenvalue weighted by atomic mass is 35.5. The summed E-state index contributed by atoms with van der Waals surface area (Å²) in [5.74, 6) is 0.120. The predicted octanol–water partition coefficient (Wildman–Crippen LogP) is 3.51. The molecule has 88 valence electrons. The fourth-order valence-corrected chi connectivity index (χ4v) is 1.63. The van der Waals surface area contributed by atoms with E-state index in [1.54, 1.807) is 18.3 Å². The molecule has 1 aromatic carbocycles. The summed E-state index contributed by atoms with van der Waals surface area (Å²) < 4.78 is 12.9. The number of hydrogen-bond donors (Lipinski definition) is 2. The van der Waals surface area contributed by atoms with Crippen molar-refractivity contribution in [2.75, 3.05) is 11.1 Å². The van der Waals surface area contributed by atoms with Crippen molar-refractivity contribution < 1.29 is 4.39 Å². The van der Waals surface area contributed by atoms with E-state index in [1.807, 2.05) is 6.92 Å². The summed E-state index contributed by atoms with van der Waals surface area (Å²) in [4.78, 5) is 4.15. The minimum Gasteiger partial charge on any atom is -0.396 e. The van der Waals surface area contributed by atoms with E-state index in [2.05, 4.69) is 10.3 Å². The molecular formula is C12H11ClFN3. The molecule has 0 aliphatic heterocycles. The van der Waals surface area contributed by atoms with Gasteiger partial charge in [0.2, 0.25) is 0 Å². The van der Waals surface area contributed by atoms with Crippen LogP contribution in [0.3, 0.4) is 0 Å². The zero-order valence-electron chi connectivity index (χ0n) is 9.17. The molecule has 1 heterocycles. The quantitative estimate of drug-likeness (QED) is 0.859. The number of nitrogen functional groups attached to an aromatic ring is 1. The zero-order valence-corrected chi connectivity index (χ0v) is 9.92. The number of nitrogens with two attached hydrogens (primary N) is 1. The average molecular weight is 252 g/mol. The van der Waals surface area contributed by atoms with Gasteiger partial charge >= 0.3 is 0 Å². The Morgan fingerprint density at radius 3 is 2.76 bits per heavy atom. The average Bonchev–Trinajstić information content (AvgIpc) is 2.25. The molecule has 2 rings (SSSR count). The van der Waals surface area contributed by atoms with Crippen molar-refractivity contribution in [3.05, 3.63) is 46.9 Å². The molecule has 0 unspecified atom stereocenters. The smallest absolute Gasteiger partial charge is 0.153 e. The minimum absolute atomic E-state index is 0.284. The van der Waals surface area contributed by atoms with Crippen molar-refractivity contribution in [3.8, 4) is 0 Å². The van der Waals surface area contributed by atoms with Crippen LogP contribution in [0.15, 0.2) is 30.5 Å². The van der Waals surface area contributed by atoms with Crippen molar-refractivity contribution in [1.82, 2.24) is 4.98 Å². The van der Waals surface area contributed by atoms with Crippen molar-refractivity contribution in [2.45, 2.75) is 6.92 Å². The number of aromatic nitrogens is 1. The third kappa shape index (κ3) is 2.65. The lowest BCUT2D eigenvalue weighted by atomic mass is 10.2. The van der Waals surface area contributed by atoms with Gasteiger partial charge in [0.1, 0.15) is 5.82 Å². The van der Waals surface area contributed by atoms with E-state index in [1.165, 1.54) is 12.1 Å². The van der Waals surface area contributed by atoms with E-state index in [9.17, 15) is 4.39 Å². The van der Waals surface area contributed by atoms with Crippen LogP contribution in [0.5, 0.6) is 0 Å². The Morgan fingerprint density at radius 1 is 1.35 bits per heavy atom. The number of rotatable bonds is 2. The zero-order chi connectivity index (χ0) is 12.4. The van der Waals surface area contributed by atoms with Gasteiger partial charge in [-0.05, 0) is 36.8 Å². The molecule has 0 amide bonds. The number of aryl methyl sites for hydroxylation is 1. The van der Waals surface area contributed by atoms with E-state index >= 15 is 0 Å². The van der Waals surface area contributed by atoms with Crippen LogP contribution in [0.1, 0.15) is 5.56 Å².